The van der Waals surface area contributed by atoms with Crippen molar-refractivity contribution in [3.05, 3.63) is 0 Å². The third kappa shape index (κ3) is 3.15. The van der Waals surface area contributed by atoms with Gasteiger partial charge in [-0.05, 0) is 40.0 Å². The van der Waals surface area contributed by atoms with Gasteiger partial charge in [-0.15, -0.1) is 0 Å². The molecule has 4 nitrogen and oxygen atoms in total. The van der Waals surface area contributed by atoms with E-state index in [2.05, 4.69) is 0 Å². The molecule has 1 saturated carbocycles. The topological polar surface area (TPSA) is 46.6 Å². The van der Waals surface area contributed by atoms with Gasteiger partial charge in [0.05, 0.1) is 0 Å². The molecule has 2 fully saturated rings. The summed E-state index contributed by atoms with van der Waals surface area (Å²) < 4.78 is 5.53. The van der Waals surface area contributed by atoms with E-state index < -0.39 is 11.1 Å². The van der Waals surface area contributed by atoms with Crippen molar-refractivity contribution in [3.8, 4) is 0 Å². The van der Waals surface area contributed by atoms with Crippen molar-refractivity contribution in [1.82, 2.24) is 4.90 Å². The molecule has 0 unspecified atom stereocenters. The number of carbonyl (C=O) groups excluding carboxylic acids is 2. The summed E-state index contributed by atoms with van der Waals surface area (Å²) in [7, 11) is 0. The number of amides is 1. The Morgan fingerprint density at radius 2 is 1.70 bits per heavy atom. The van der Waals surface area contributed by atoms with Crippen LogP contribution >= 0.6 is 0 Å². The van der Waals surface area contributed by atoms with Gasteiger partial charge in [0.25, 0.3) is 0 Å². The summed E-state index contributed by atoms with van der Waals surface area (Å²) in [5, 5.41) is 0. The summed E-state index contributed by atoms with van der Waals surface area (Å²) >= 11 is 0. The highest BCUT2D eigenvalue weighted by Crippen LogP contribution is 2.38. The van der Waals surface area contributed by atoms with E-state index in [4.69, 9.17) is 4.74 Å². The highest BCUT2D eigenvalue weighted by atomic mass is 16.6. The quantitative estimate of drug-likeness (QED) is 0.680. The maximum Gasteiger partial charge on any atom is 0.411 e. The SMILES string of the molecule is CC(C)(C)OC(=O)N1CCCC(=O)C12CCCCCC2. The third-order valence-electron chi connectivity index (χ3n) is 4.37. The first-order valence-corrected chi connectivity index (χ1v) is 7.89. The average Bonchev–Trinajstić information content (AvgIpc) is 2.57. The number of carbonyl (C=O) groups is 2. The molecule has 1 saturated heterocycles. The van der Waals surface area contributed by atoms with Crippen molar-refractivity contribution in [2.75, 3.05) is 6.54 Å². The van der Waals surface area contributed by atoms with Crippen LogP contribution in [0.2, 0.25) is 0 Å². The standard InChI is InChI=1S/C16H27NO3/c1-15(2,3)20-14(19)17-12-8-9-13(18)16(17)10-6-4-5-7-11-16/h4-12H2,1-3H3. The molecule has 0 atom stereocenters. The fraction of sp³-hybridized carbons (Fsp3) is 0.875. The van der Waals surface area contributed by atoms with Gasteiger partial charge in [-0.25, -0.2) is 4.79 Å². The molecule has 0 aromatic rings. The van der Waals surface area contributed by atoms with Crippen molar-refractivity contribution in [3.63, 3.8) is 0 Å². The first-order chi connectivity index (χ1) is 9.35. The highest BCUT2D eigenvalue weighted by molar-refractivity contribution is 5.92. The summed E-state index contributed by atoms with van der Waals surface area (Å²) in [6.07, 6.45) is 7.08. The van der Waals surface area contributed by atoms with Crippen molar-refractivity contribution in [2.24, 2.45) is 0 Å². The number of hydrogen-bond donors (Lipinski definition) is 0. The van der Waals surface area contributed by atoms with Crippen LogP contribution in [0.15, 0.2) is 0 Å². The Hall–Kier alpha value is -1.06. The number of likely N-dealkylation sites (tertiary alicyclic amines) is 1. The Morgan fingerprint density at radius 3 is 2.25 bits per heavy atom. The lowest BCUT2D eigenvalue weighted by Crippen LogP contribution is -2.60. The predicted octanol–water partition coefficient (Wildman–Crippen LogP) is 3.68. The van der Waals surface area contributed by atoms with Gasteiger partial charge in [-0.2, -0.15) is 0 Å². The summed E-state index contributed by atoms with van der Waals surface area (Å²) in [5.74, 6) is 0.247. The van der Waals surface area contributed by atoms with Crippen LogP contribution in [0.1, 0.15) is 72.1 Å². The molecule has 1 amide bonds. The minimum absolute atomic E-state index is 0.247. The van der Waals surface area contributed by atoms with E-state index in [0.29, 0.717) is 13.0 Å². The molecule has 0 N–H and O–H groups in total. The lowest BCUT2D eigenvalue weighted by atomic mass is 9.79. The fourth-order valence-corrected chi connectivity index (χ4v) is 3.44. The van der Waals surface area contributed by atoms with Crippen LogP contribution in [-0.2, 0) is 9.53 Å². The van der Waals surface area contributed by atoms with Gasteiger partial charge < -0.3 is 4.74 Å². The van der Waals surface area contributed by atoms with E-state index in [1.807, 2.05) is 20.8 Å². The second-order valence-corrected chi connectivity index (χ2v) is 7.10. The Morgan fingerprint density at radius 1 is 1.10 bits per heavy atom. The third-order valence-corrected chi connectivity index (χ3v) is 4.37. The second-order valence-electron chi connectivity index (χ2n) is 7.10. The minimum atomic E-state index is -0.572. The van der Waals surface area contributed by atoms with Gasteiger partial charge >= 0.3 is 6.09 Å². The van der Waals surface area contributed by atoms with Crippen LogP contribution in [0.25, 0.3) is 0 Å². The van der Waals surface area contributed by atoms with Crippen LogP contribution < -0.4 is 0 Å². The molecule has 0 aromatic carbocycles. The maximum absolute atomic E-state index is 12.6. The Labute approximate surface area is 121 Å². The number of Topliss-reactive ketones (excluding diaryl/α,β-unsaturated/α-hetero) is 1. The number of piperidine rings is 1. The van der Waals surface area contributed by atoms with E-state index in [1.165, 1.54) is 0 Å². The largest absolute Gasteiger partial charge is 0.444 e. The van der Waals surface area contributed by atoms with E-state index in [-0.39, 0.29) is 11.9 Å². The highest BCUT2D eigenvalue weighted by Gasteiger charge is 2.48. The normalized spacial score (nSPS) is 23.6. The predicted molar refractivity (Wildman–Crippen MR) is 77.6 cm³/mol. The van der Waals surface area contributed by atoms with Crippen LogP contribution in [0.3, 0.4) is 0 Å². The van der Waals surface area contributed by atoms with Crippen LogP contribution in [-0.4, -0.2) is 34.5 Å². The van der Waals surface area contributed by atoms with Gasteiger partial charge in [0, 0.05) is 13.0 Å². The van der Waals surface area contributed by atoms with E-state index in [0.717, 1.165) is 44.9 Å². The minimum Gasteiger partial charge on any atom is -0.444 e. The molecule has 0 radical (unpaired) electrons. The number of hydrogen-bond acceptors (Lipinski definition) is 3. The van der Waals surface area contributed by atoms with Crippen molar-refractivity contribution in [2.45, 2.75) is 83.3 Å². The molecule has 20 heavy (non-hydrogen) atoms. The van der Waals surface area contributed by atoms with Gasteiger partial charge in [0.15, 0.2) is 5.78 Å². The molecule has 1 aliphatic heterocycles. The van der Waals surface area contributed by atoms with Crippen molar-refractivity contribution >= 4 is 11.9 Å². The molecular weight excluding hydrogens is 254 g/mol. The zero-order chi connectivity index (χ0) is 14.8. The average molecular weight is 281 g/mol. The van der Waals surface area contributed by atoms with Crippen molar-refractivity contribution in [1.29, 1.82) is 0 Å². The number of ketones is 1. The zero-order valence-electron chi connectivity index (χ0n) is 13.0. The van der Waals surface area contributed by atoms with Gasteiger partial charge in [-0.3, -0.25) is 9.69 Å². The van der Waals surface area contributed by atoms with Crippen molar-refractivity contribution < 1.29 is 14.3 Å². The number of ether oxygens (including phenoxy) is 1. The van der Waals surface area contributed by atoms with E-state index in [9.17, 15) is 9.59 Å². The van der Waals surface area contributed by atoms with E-state index in [1.54, 1.807) is 4.90 Å². The van der Waals surface area contributed by atoms with Crippen LogP contribution in [0.4, 0.5) is 4.79 Å². The van der Waals surface area contributed by atoms with Gasteiger partial charge in [0.2, 0.25) is 0 Å². The first kappa shape index (κ1) is 15.3. The molecule has 1 heterocycles. The Bertz CT molecular complexity index is 376. The molecule has 4 heteroatoms. The van der Waals surface area contributed by atoms with Crippen LogP contribution in [0, 0.1) is 0 Å². The molecule has 1 spiro atoms. The maximum atomic E-state index is 12.6. The molecule has 0 bridgehead atoms. The summed E-state index contributed by atoms with van der Waals surface area (Å²) in [4.78, 5) is 26.8. The smallest absolute Gasteiger partial charge is 0.411 e. The lowest BCUT2D eigenvalue weighted by molar-refractivity contribution is -0.136. The molecule has 114 valence electrons. The molecule has 2 aliphatic rings. The number of nitrogens with zero attached hydrogens (tertiary/aromatic N) is 1. The van der Waals surface area contributed by atoms with Gasteiger partial charge in [-0.1, -0.05) is 25.7 Å². The van der Waals surface area contributed by atoms with Gasteiger partial charge in [0.1, 0.15) is 11.1 Å². The molecule has 1 aliphatic carbocycles. The summed E-state index contributed by atoms with van der Waals surface area (Å²) in [5.41, 5.74) is -1.08. The molecule has 0 aromatic heterocycles. The van der Waals surface area contributed by atoms with Crippen LogP contribution in [0.5, 0.6) is 0 Å². The Kier molecular flexibility index (Phi) is 4.40. The molecule has 2 rings (SSSR count). The first-order valence-electron chi connectivity index (χ1n) is 7.89. The second kappa shape index (κ2) is 5.74. The zero-order valence-corrected chi connectivity index (χ0v) is 13.0. The lowest BCUT2D eigenvalue weighted by Gasteiger charge is -2.45. The summed E-state index contributed by atoms with van der Waals surface area (Å²) in [6, 6.07) is 0. The number of rotatable bonds is 0. The molecular formula is C16H27NO3. The summed E-state index contributed by atoms with van der Waals surface area (Å²) in [6.45, 7) is 6.27. The van der Waals surface area contributed by atoms with E-state index >= 15 is 0 Å². The Balaban J connectivity index is 2.23. The fourth-order valence-electron chi connectivity index (χ4n) is 3.44. The monoisotopic (exact) mass is 281 g/mol.